The molecule has 0 bridgehead atoms. The number of halogens is 3. The summed E-state index contributed by atoms with van der Waals surface area (Å²) in [6, 6.07) is 12.3. The van der Waals surface area contributed by atoms with Crippen LogP contribution in [0.25, 0.3) is 16.7 Å². The predicted octanol–water partition coefficient (Wildman–Crippen LogP) is 4.10. The third-order valence-electron chi connectivity index (χ3n) is 6.30. The van der Waals surface area contributed by atoms with Gasteiger partial charge in [-0.25, -0.2) is 9.67 Å². The van der Waals surface area contributed by atoms with Crippen molar-refractivity contribution in [2.45, 2.75) is 19.6 Å². The molecule has 1 aromatic carbocycles. The summed E-state index contributed by atoms with van der Waals surface area (Å²) < 4.78 is 39.8. The molecule has 0 unspecified atom stereocenters. The summed E-state index contributed by atoms with van der Waals surface area (Å²) in [6.07, 6.45) is -0.447. The van der Waals surface area contributed by atoms with E-state index in [0.717, 1.165) is 48.4 Å². The van der Waals surface area contributed by atoms with Gasteiger partial charge < -0.3 is 4.90 Å². The summed E-state index contributed by atoms with van der Waals surface area (Å²) >= 11 is 0. The van der Waals surface area contributed by atoms with E-state index in [-0.39, 0.29) is 11.7 Å². The van der Waals surface area contributed by atoms with Gasteiger partial charge in [0.2, 0.25) is 0 Å². The van der Waals surface area contributed by atoms with Crippen molar-refractivity contribution in [3.63, 3.8) is 0 Å². The molecule has 10 heteroatoms. The van der Waals surface area contributed by atoms with Gasteiger partial charge in [-0.3, -0.25) is 14.7 Å². The van der Waals surface area contributed by atoms with Gasteiger partial charge in [-0.15, -0.1) is 0 Å². The van der Waals surface area contributed by atoms with Crippen LogP contribution in [0.1, 0.15) is 27.2 Å². The second-order valence-electron chi connectivity index (χ2n) is 8.52. The maximum atomic E-state index is 13.2. The zero-order valence-corrected chi connectivity index (χ0v) is 19.0. The standard InChI is InChI=1S/C25H23F3N6O/c1-17-21(15-31-34(17)22-8-7-20(14-30-22)25(26,27)28)24(35)33-12-10-32(11-13-33)16-19-5-2-4-18-6-3-9-29-23(18)19/h2-9,14-15H,10-13,16H2,1H3. The number of para-hydroxylation sites is 1. The molecule has 1 aliphatic heterocycles. The molecule has 0 N–H and O–H groups in total. The van der Waals surface area contributed by atoms with Gasteiger partial charge >= 0.3 is 6.18 Å². The van der Waals surface area contributed by atoms with E-state index in [0.29, 0.717) is 24.3 Å². The molecule has 35 heavy (non-hydrogen) atoms. The first-order valence-electron chi connectivity index (χ1n) is 11.2. The van der Waals surface area contributed by atoms with Crippen LogP contribution in [0.4, 0.5) is 13.2 Å². The Morgan fingerprint density at radius 2 is 1.74 bits per heavy atom. The number of benzene rings is 1. The minimum Gasteiger partial charge on any atom is -0.336 e. The van der Waals surface area contributed by atoms with Gasteiger partial charge in [-0.2, -0.15) is 18.3 Å². The van der Waals surface area contributed by atoms with Crippen LogP contribution in [0, 0.1) is 6.92 Å². The Balaban J connectivity index is 1.25. The second-order valence-corrected chi connectivity index (χ2v) is 8.52. The van der Waals surface area contributed by atoms with Crippen LogP contribution in [0.2, 0.25) is 0 Å². The first-order valence-corrected chi connectivity index (χ1v) is 11.2. The highest BCUT2D eigenvalue weighted by atomic mass is 19.4. The normalized spacial score (nSPS) is 15.0. The molecule has 1 aliphatic rings. The summed E-state index contributed by atoms with van der Waals surface area (Å²) in [6.45, 7) is 5.06. The molecule has 4 heterocycles. The van der Waals surface area contributed by atoms with Crippen molar-refractivity contribution >= 4 is 16.8 Å². The Morgan fingerprint density at radius 3 is 2.46 bits per heavy atom. The topological polar surface area (TPSA) is 67.2 Å². The maximum absolute atomic E-state index is 13.2. The molecule has 5 rings (SSSR count). The molecule has 0 saturated carbocycles. The Bertz CT molecular complexity index is 1350. The molecule has 0 radical (unpaired) electrons. The zero-order chi connectivity index (χ0) is 24.6. The lowest BCUT2D eigenvalue weighted by molar-refractivity contribution is -0.137. The van der Waals surface area contributed by atoms with Gasteiger partial charge in [0.25, 0.3) is 5.91 Å². The number of carbonyl (C=O) groups is 1. The molecule has 1 amide bonds. The summed E-state index contributed by atoms with van der Waals surface area (Å²) in [7, 11) is 0. The Labute approximate surface area is 199 Å². The van der Waals surface area contributed by atoms with Gasteiger partial charge in [-0.1, -0.05) is 24.3 Å². The third kappa shape index (κ3) is 4.61. The lowest BCUT2D eigenvalue weighted by atomic mass is 10.1. The van der Waals surface area contributed by atoms with E-state index in [1.165, 1.54) is 16.9 Å². The monoisotopic (exact) mass is 480 g/mol. The second kappa shape index (κ2) is 9.10. The van der Waals surface area contributed by atoms with Crippen LogP contribution >= 0.6 is 0 Å². The van der Waals surface area contributed by atoms with E-state index in [4.69, 9.17) is 0 Å². The summed E-state index contributed by atoms with van der Waals surface area (Å²) in [5, 5.41) is 5.31. The van der Waals surface area contributed by atoms with Crippen molar-refractivity contribution in [1.29, 1.82) is 0 Å². The van der Waals surface area contributed by atoms with Gasteiger partial charge in [-0.05, 0) is 30.7 Å². The van der Waals surface area contributed by atoms with Crippen molar-refractivity contribution in [2.75, 3.05) is 26.2 Å². The number of hydrogen-bond donors (Lipinski definition) is 0. The fraction of sp³-hybridized carbons (Fsp3) is 0.280. The number of carbonyl (C=O) groups excluding carboxylic acids is 1. The molecule has 0 aliphatic carbocycles. The molecule has 180 valence electrons. The minimum atomic E-state index is -4.46. The summed E-state index contributed by atoms with van der Waals surface area (Å²) in [5.41, 5.74) is 2.27. The molecule has 0 spiro atoms. The lowest BCUT2D eigenvalue weighted by Gasteiger charge is -2.34. The van der Waals surface area contributed by atoms with Gasteiger partial charge in [0.15, 0.2) is 5.82 Å². The van der Waals surface area contributed by atoms with Crippen LogP contribution in [-0.4, -0.2) is 61.6 Å². The van der Waals surface area contributed by atoms with Crippen molar-refractivity contribution in [2.24, 2.45) is 0 Å². The largest absolute Gasteiger partial charge is 0.417 e. The van der Waals surface area contributed by atoms with E-state index < -0.39 is 11.7 Å². The number of amides is 1. The zero-order valence-electron chi connectivity index (χ0n) is 19.0. The Kier molecular flexibility index (Phi) is 5.98. The third-order valence-corrected chi connectivity index (χ3v) is 6.30. The number of alkyl halides is 3. The SMILES string of the molecule is Cc1c(C(=O)N2CCN(Cc3cccc4cccnc34)CC2)cnn1-c1ccc(C(F)(F)F)cn1. The van der Waals surface area contributed by atoms with E-state index in [1.807, 2.05) is 24.3 Å². The fourth-order valence-corrected chi connectivity index (χ4v) is 4.34. The highest BCUT2D eigenvalue weighted by Crippen LogP contribution is 2.29. The Hall–Kier alpha value is -3.79. The average molecular weight is 480 g/mol. The molecule has 7 nitrogen and oxygen atoms in total. The van der Waals surface area contributed by atoms with E-state index in [2.05, 4.69) is 26.0 Å². The number of piperazine rings is 1. The fourth-order valence-electron chi connectivity index (χ4n) is 4.34. The summed E-state index contributed by atoms with van der Waals surface area (Å²) in [5.74, 6) is 0.0789. The maximum Gasteiger partial charge on any atom is 0.417 e. The summed E-state index contributed by atoms with van der Waals surface area (Å²) in [4.78, 5) is 25.6. The number of hydrogen-bond acceptors (Lipinski definition) is 5. The van der Waals surface area contributed by atoms with Crippen LogP contribution in [0.3, 0.4) is 0 Å². The first-order chi connectivity index (χ1) is 16.8. The number of rotatable bonds is 4. The minimum absolute atomic E-state index is 0.146. The quantitative estimate of drug-likeness (QED) is 0.440. The van der Waals surface area contributed by atoms with Crippen LogP contribution < -0.4 is 0 Å². The molecule has 0 atom stereocenters. The first kappa shape index (κ1) is 23.0. The molecule has 4 aromatic rings. The molecule has 1 fully saturated rings. The highest BCUT2D eigenvalue weighted by molar-refractivity contribution is 5.95. The van der Waals surface area contributed by atoms with Crippen molar-refractivity contribution in [1.82, 2.24) is 29.5 Å². The van der Waals surface area contributed by atoms with Crippen LogP contribution in [0.5, 0.6) is 0 Å². The number of aromatic nitrogens is 4. The lowest BCUT2D eigenvalue weighted by Crippen LogP contribution is -2.48. The van der Waals surface area contributed by atoms with Crippen LogP contribution in [-0.2, 0) is 12.7 Å². The van der Waals surface area contributed by atoms with Crippen molar-refractivity contribution < 1.29 is 18.0 Å². The molecular formula is C25H23F3N6O. The predicted molar refractivity (Wildman–Crippen MR) is 124 cm³/mol. The molecule has 3 aromatic heterocycles. The number of nitrogens with zero attached hydrogens (tertiary/aromatic N) is 6. The van der Waals surface area contributed by atoms with Gasteiger partial charge in [0.05, 0.1) is 28.5 Å². The molecular weight excluding hydrogens is 457 g/mol. The van der Waals surface area contributed by atoms with E-state index in [9.17, 15) is 18.0 Å². The highest BCUT2D eigenvalue weighted by Gasteiger charge is 2.31. The Morgan fingerprint density at radius 1 is 0.971 bits per heavy atom. The van der Waals surface area contributed by atoms with Gasteiger partial charge in [0, 0.05) is 50.5 Å². The van der Waals surface area contributed by atoms with E-state index in [1.54, 1.807) is 18.0 Å². The number of fused-ring (bicyclic) bond motifs is 1. The average Bonchev–Trinajstić information content (AvgIpc) is 3.25. The van der Waals surface area contributed by atoms with Crippen LogP contribution in [0.15, 0.2) is 61.1 Å². The van der Waals surface area contributed by atoms with Crippen molar-refractivity contribution in [3.8, 4) is 5.82 Å². The van der Waals surface area contributed by atoms with E-state index >= 15 is 0 Å². The van der Waals surface area contributed by atoms with Gasteiger partial charge in [0.1, 0.15) is 0 Å². The number of pyridine rings is 2. The smallest absolute Gasteiger partial charge is 0.336 e. The van der Waals surface area contributed by atoms with Crippen molar-refractivity contribution in [3.05, 3.63) is 83.4 Å². The molecule has 1 saturated heterocycles.